The van der Waals surface area contributed by atoms with Crippen LogP contribution < -0.4 is 5.32 Å². The summed E-state index contributed by atoms with van der Waals surface area (Å²) in [4.78, 5) is 24.1. The number of hydrogen-bond donors (Lipinski definition) is 1. The summed E-state index contributed by atoms with van der Waals surface area (Å²) in [6, 6.07) is 5.33. The van der Waals surface area contributed by atoms with Gasteiger partial charge in [0.15, 0.2) is 0 Å². The molecule has 1 aromatic carbocycles. The lowest BCUT2D eigenvalue weighted by Crippen LogP contribution is -2.46. The summed E-state index contributed by atoms with van der Waals surface area (Å²) in [5.41, 5.74) is 3.06. The van der Waals surface area contributed by atoms with Crippen LogP contribution >= 0.6 is 11.8 Å². The minimum atomic E-state index is -0.665. The van der Waals surface area contributed by atoms with Gasteiger partial charge in [0.25, 0.3) is 5.22 Å². The molecule has 0 spiro atoms. The molecule has 2 aromatic rings. The van der Waals surface area contributed by atoms with Gasteiger partial charge in [-0.25, -0.2) is 4.79 Å². The Morgan fingerprint density at radius 3 is 2.48 bits per heavy atom. The minimum Gasteiger partial charge on any atom is -0.467 e. The van der Waals surface area contributed by atoms with Gasteiger partial charge in [-0.2, -0.15) is 0 Å². The van der Waals surface area contributed by atoms with Gasteiger partial charge in [0.1, 0.15) is 6.04 Å². The fourth-order valence-corrected chi connectivity index (χ4v) is 3.20. The van der Waals surface area contributed by atoms with E-state index < -0.39 is 12.0 Å². The van der Waals surface area contributed by atoms with Crippen molar-refractivity contribution < 1.29 is 18.7 Å². The molecule has 0 unspecified atom stereocenters. The Labute approximate surface area is 163 Å². The molecule has 27 heavy (non-hydrogen) atoms. The molecule has 1 aromatic heterocycles. The van der Waals surface area contributed by atoms with Crippen molar-refractivity contribution in [3.05, 3.63) is 29.3 Å². The number of carbonyl (C=O) groups is 2. The van der Waals surface area contributed by atoms with Crippen molar-refractivity contribution in [3.8, 4) is 11.5 Å². The van der Waals surface area contributed by atoms with Crippen molar-refractivity contribution in [1.82, 2.24) is 15.5 Å². The summed E-state index contributed by atoms with van der Waals surface area (Å²) < 4.78 is 10.4. The van der Waals surface area contributed by atoms with Gasteiger partial charge in [-0.3, -0.25) is 4.79 Å². The summed E-state index contributed by atoms with van der Waals surface area (Å²) in [6.45, 7) is 7.85. The first-order valence-electron chi connectivity index (χ1n) is 8.76. The zero-order valence-corrected chi connectivity index (χ0v) is 17.1. The molecule has 7 nitrogen and oxygen atoms in total. The Bertz CT molecular complexity index is 786. The number of nitrogens with zero attached hydrogens (tertiary/aromatic N) is 2. The van der Waals surface area contributed by atoms with Gasteiger partial charge in [0.05, 0.1) is 12.9 Å². The zero-order valence-electron chi connectivity index (χ0n) is 16.2. The molecule has 0 radical (unpaired) electrons. The van der Waals surface area contributed by atoms with Crippen LogP contribution in [-0.2, 0) is 14.3 Å². The second kappa shape index (κ2) is 9.55. The number of rotatable bonds is 8. The van der Waals surface area contributed by atoms with E-state index in [1.54, 1.807) is 0 Å². The number of hydrogen-bond acceptors (Lipinski definition) is 7. The highest BCUT2D eigenvalue weighted by Crippen LogP contribution is 2.24. The quantitative estimate of drug-likeness (QED) is 0.545. The number of carbonyl (C=O) groups excluding carboxylic acids is 2. The van der Waals surface area contributed by atoms with E-state index in [2.05, 4.69) is 21.6 Å². The van der Waals surface area contributed by atoms with Gasteiger partial charge in [-0.1, -0.05) is 49.2 Å². The first-order chi connectivity index (χ1) is 12.8. The van der Waals surface area contributed by atoms with Crippen molar-refractivity contribution in [2.75, 3.05) is 12.9 Å². The molecule has 0 aliphatic carbocycles. The van der Waals surface area contributed by atoms with Gasteiger partial charge in [-0.05, 0) is 31.9 Å². The third kappa shape index (κ3) is 5.82. The molecule has 0 saturated heterocycles. The number of nitrogens with one attached hydrogen (secondary N) is 1. The van der Waals surface area contributed by atoms with Crippen LogP contribution in [0.3, 0.4) is 0 Å². The van der Waals surface area contributed by atoms with Crippen molar-refractivity contribution >= 4 is 23.6 Å². The van der Waals surface area contributed by atoms with Crippen LogP contribution in [0.4, 0.5) is 0 Å². The number of aromatic nitrogens is 2. The van der Waals surface area contributed by atoms with Crippen LogP contribution in [0.2, 0.25) is 0 Å². The maximum absolute atomic E-state index is 12.2. The molecule has 1 heterocycles. The van der Waals surface area contributed by atoms with Crippen molar-refractivity contribution in [3.63, 3.8) is 0 Å². The Hall–Kier alpha value is -2.35. The molecule has 0 aliphatic rings. The second-order valence-corrected chi connectivity index (χ2v) is 7.42. The number of aryl methyl sites for hydroxylation is 2. The van der Waals surface area contributed by atoms with E-state index in [4.69, 9.17) is 9.15 Å². The molecule has 0 aliphatic heterocycles. The first kappa shape index (κ1) is 21.0. The van der Waals surface area contributed by atoms with Crippen molar-refractivity contribution in [1.29, 1.82) is 0 Å². The van der Waals surface area contributed by atoms with E-state index in [0.717, 1.165) is 34.9 Å². The highest BCUT2D eigenvalue weighted by Gasteiger charge is 2.26. The molecule has 146 valence electrons. The van der Waals surface area contributed by atoms with E-state index in [1.807, 2.05) is 39.8 Å². The zero-order chi connectivity index (χ0) is 20.0. The topological polar surface area (TPSA) is 94.3 Å². The maximum atomic E-state index is 12.2. The highest BCUT2D eigenvalue weighted by atomic mass is 32.2. The number of benzene rings is 1. The second-order valence-electron chi connectivity index (χ2n) is 6.49. The molecule has 0 fully saturated rings. The van der Waals surface area contributed by atoms with E-state index in [9.17, 15) is 9.59 Å². The number of esters is 1. The molecule has 1 amide bonds. The first-order valence-corrected chi connectivity index (χ1v) is 9.74. The van der Waals surface area contributed by atoms with Crippen LogP contribution in [0.15, 0.2) is 27.8 Å². The fourth-order valence-electron chi connectivity index (χ4n) is 2.62. The minimum absolute atomic E-state index is 0.0223. The van der Waals surface area contributed by atoms with Crippen molar-refractivity contribution in [2.45, 2.75) is 45.4 Å². The lowest BCUT2D eigenvalue weighted by atomic mass is 9.99. The van der Waals surface area contributed by atoms with Crippen LogP contribution in [0, 0.1) is 19.8 Å². The summed E-state index contributed by atoms with van der Waals surface area (Å²) in [6.07, 6.45) is 0.746. The average molecular weight is 391 g/mol. The monoisotopic (exact) mass is 391 g/mol. The predicted molar refractivity (Wildman–Crippen MR) is 103 cm³/mol. The van der Waals surface area contributed by atoms with E-state index in [0.29, 0.717) is 11.1 Å². The number of methoxy groups -OCH3 is 1. The summed E-state index contributed by atoms with van der Waals surface area (Å²) in [5, 5.41) is 11.0. The van der Waals surface area contributed by atoms with Gasteiger partial charge in [0, 0.05) is 5.56 Å². The Balaban J connectivity index is 1.97. The van der Waals surface area contributed by atoms with Crippen molar-refractivity contribution in [2.24, 2.45) is 5.92 Å². The third-order valence-electron chi connectivity index (χ3n) is 4.19. The van der Waals surface area contributed by atoms with Crippen LogP contribution in [0.5, 0.6) is 0 Å². The lowest BCUT2D eigenvalue weighted by Gasteiger charge is -2.21. The average Bonchev–Trinajstić information content (AvgIpc) is 3.11. The summed E-state index contributed by atoms with van der Waals surface area (Å²) >= 11 is 1.13. The molecule has 1 N–H and O–H groups in total. The number of thioether (sulfide) groups is 1. The summed E-state index contributed by atoms with van der Waals surface area (Å²) in [7, 11) is 1.31. The number of amides is 1. The molecule has 8 heteroatoms. The smallest absolute Gasteiger partial charge is 0.328 e. The Morgan fingerprint density at radius 2 is 1.89 bits per heavy atom. The molecule has 2 atom stereocenters. The predicted octanol–water partition coefficient (Wildman–Crippen LogP) is 3.15. The van der Waals surface area contributed by atoms with Gasteiger partial charge >= 0.3 is 5.97 Å². The SMILES string of the molecule is CC[C@H](C)[C@H](NC(=O)CSc1nnc(-c2cc(C)cc(C)c2)o1)C(=O)OC. The molecular formula is C19H25N3O4S. The molecular weight excluding hydrogens is 366 g/mol. The lowest BCUT2D eigenvalue weighted by molar-refractivity contribution is -0.146. The van der Waals surface area contributed by atoms with Crippen LogP contribution in [0.25, 0.3) is 11.5 Å². The highest BCUT2D eigenvalue weighted by molar-refractivity contribution is 7.99. The van der Waals surface area contributed by atoms with Gasteiger partial charge in [-0.15, -0.1) is 10.2 Å². The van der Waals surface area contributed by atoms with E-state index in [-0.39, 0.29) is 17.6 Å². The maximum Gasteiger partial charge on any atom is 0.328 e. The van der Waals surface area contributed by atoms with Gasteiger partial charge in [0.2, 0.25) is 11.8 Å². The molecule has 0 bridgehead atoms. The Kier molecular flexibility index (Phi) is 7.41. The molecule has 0 saturated carbocycles. The normalized spacial score (nSPS) is 13.1. The van der Waals surface area contributed by atoms with Crippen LogP contribution in [0.1, 0.15) is 31.4 Å². The summed E-state index contributed by atoms with van der Waals surface area (Å²) in [5.74, 6) is -0.277. The van der Waals surface area contributed by atoms with Gasteiger partial charge < -0.3 is 14.5 Å². The third-order valence-corrected chi connectivity index (χ3v) is 5.00. The Morgan fingerprint density at radius 1 is 1.22 bits per heavy atom. The van der Waals surface area contributed by atoms with E-state index in [1.165, 1.54) is 7.11 Å². The molecule has 2 rings (SSSR count). The van der Waals surface area contributed by atoms with Crippen LogP contribution in [-0.4, -0.2) is 41.0 Å². The fraction of sp³-hybridized carbons (Fsp3) is 0.474. The standard InChI is InChI=1S/C19H25N3O4S/c1-6-13(4)16(18(24)25-5)20-15(23)10-27-19-22-21-17(26-19)14-8-11(2)7-12(3)9-14/h7-9,13,16H,6,10H2,1-5H3,(H,20,23)/t13-,16-/m0/s1. The van der Waals surface area contributed by atoms with E-state index >= 15 is 0 Å². The number of ether oxygens (including phenoxy) is 1. The largest absolute Gasteiger partial charge is 0.467 e.